The van der Waals surface area contributed by atoms with Crippen LogP contribution < -0.4 is 5.48 Å². The first-order chi connectivity index (χ1) is 4.33. The summed E-state index contributed by atoms with van der Waals surface area (Å²) in [6, 6.07) is 7.45. The molecule has 0 radical (unpaired) electrons. The number of rotatable bonds is 1. The van der Waals surface area contributed by atoms with Crippen LogP contribution in [0.1, 0.15) is 0 Å². The van der Waals surface area contributed by atoms with Crippen LogP contribution in [0.4, 0.5) is 5.69 Å². The number of hydrogen-bond acceptors (Lipinski definition) is 2. The van der Waals surface area contributed by atoms with E-state index in [1.165, 1.54) is 0 Å². The highest BCUT2D eigenvalue weighted by Crippen LogP contribution is 2.09. The van der Waals surface area contributed by atoms with Crippen molar-refractivity contribution in [1.82, 2.24) is 0 Å². The maximum absolute atomic E-state index is 8.38. The summed E-state index contributed by atoms with van der Waals surface area (Å²) in [4.78, 5) is 0. The van der Waals surface area contributed by atoms with Gasteiger partial charge in [0, 0.05) is 3.57 Å². The Kier molecular flexibility index (Phi) is 2.29. The smallest absolute Gasteiger partial charge is 0.0602 e. The molecule has 0 aliphatic rings. The standard InChI is InChI=1S/C6H6INO/c7-5-1-3-6(8-9)4-2-5/h1-4,8-9H. The van der Waals surface area contributed by atoms with E-state index >= 15 is 0 Å². The molecule has 1 aromatic rings. The molecule has 0 saturated carbocycles. The Bertz CT molecular complexity index is 185. The van der Waals surface area contributed by atoms with E-state index in [1.807, 2.05) is 24.3 Å². The van der Waals surface area contributed by atoms with E-state index < -0.39 is 0 Å². The molecule has 0 spiro atoms. The lowest BCUT2D eigenvalue weighted by Gasteiger charge is -1.95. The average molecular weight is 235 g/mol. The summed E-state index contributed by atoms with van der Waals surface area (Å²) in [5.41, 5.74) is 2.77. The van der Waals surface area contributed by atoms with Crippen LogP contribution in [-0.4, -0.2) is 5.21 Å². The molecular weight excluding hydrogens is 229 g/mol. The van der Waals surface area contributed by atoms with Gasteiger partial charge in [0.05, 0.1) is 5.69 Å². The van der Waals surface area contributed by atoms with Crippen LogP contribution in [0.3, 0.4) is 0 Å². The summed E-state index contributed by atoms with van der Waals surface area (Å²) in [6.45, 7) is 0. The summed E-state index contributed by atoms with van der Waals surface area (Å²) in [6.07, 6.45) is 0. The van der Waals surface area contributed by atoms with Crippen molar-refractivity contribution >= 4 is 28.3 Å². The lowest BCUT2D eigenvalue weighted by atomic mass is 10.3. The minimum Gasteiger partial charge on any atom is -0.291 e. The van der Waals surface area contributed by atoms with E-state index in [2.05, 4.69) is 28.1 Å². The van der Waals surface area contributed by atoms with Gasteiger partial charge in [0.15, 0.2) is 0 Å². The molecule has 0 amide bonds. The highest BCUT2D eigenvalue weighted by Gasteiger charge is 1.85. The molecule has 0 bridgehead atoms. The number of hydrogen-bond donors (Lipinski definition) is 2. The number of benzene rings is 1. The molecule has 0 aromatic heterocycles. The Morgan fingerprint density at radius 2 is 1.78 bits per heavy atom. The molecule has 0 heterocycles. The second-order valence-corrected chi connectivity index (χ2v) is 2.86. The van der Waals surface area contributed by atoms with E-state index in [4.69, 9.17) is 5.21 Å². The number of nitrogens with one attached hydrogen (secondary N) is 1. The Morgan fingerprint density at radius 1 is 1.22 bits per heavy atom. The molecule has 2 N–H and O–H groups in total. The molecule has 0 aliphatic heterocycles. The summed E-state index contributed by atoms with van der Waals surface area (Å²) in [7, 11) is 0. The van der Waals surface area contributed by atoms with Gasteiger partial charge in [-0.15, -0.1) is 0 Å². The molecule has 3 heteroatoms. The third-order valence-corrected chi connectivity index (χ3v) is 1.69. The lowest BCUT2D eigenvalue weighted by molar-refractivity contribution is 0.389. The maximum Gasteiger partial charge on any atom is 0.0602 e. The van der Waals surface area contributed by atoms with Crippen molar-refractivity contribution in [2.75, 3.05) is 5.48 Å². The summed E-state index contributed by atoms with van der Waals surface area (Å²) >= 11 is 2.20. The Hall–Kier alpha value is -0.290. The molecule has 2 nitrogen and oxygen atoms in total. The van der Waals surface area contributed by atoms with Crippen molar-refractivity contribution in [2.24, 2.45) is 0 Å². The fourth-order valence-electron chi connectivity index (χ4n) is 0.524. The van der Waals surface area contributed by atoms with Crippen molar-refractivity contribution in [3.8, 4) is 0 Å². The summed E-state index contributed by atoms with van der Waals surface area (Å²) < 4.78 is 1.16. The molecule has 0 fully saturated rings. The van der Waals surface area contributed by atoms with Crippen LogP contribution in [0.5, 0.6) is 0 Å². The van der Waals surface area contributed by atoms with Crippen molar-refractivity contribution in [1.29, 1.82) is 0 Å². The molecule has 0 saturated heterocycles. The van der Waals surface area contributed by atoms with Crippen LogP contribution >= 0.6 is 22.6 Å². The van der Waals surface area contributed by atoms with Crippen molar-refractivity contribution in [3.63, 3.8) is 0 Å². The van der Waals surface area contributed by atoms with Gasteiger partial charge in [0.25, 0.3) is 0 Å². The molecular formula is C6H6INO. The molecule has 9 heavy (non-hydrogen) atoms. The molecule has 0 aliphatic carbocycles. The SMILES string of the molecule is ONc1ccc(I)cc1. The van der Waals surface area contributed by atoms with E-state index in [0.717, 1.165) is 9.26 Å². The van der Waals surface area contributed by atoms with Crippen molar-refractivity contribution in [2.45, 2.75) is 0 Å². The van der Waals surface area contributed by atoms with E-state index in [9.17, 15) is 0 Å². The predicted molar refractivity (Wildman–Crippen MR) is 44.6 cm³/mol. The predicted octanol–water partition coefficient (Wildman–Crippen LogP) is 2.09. The van der Waals surface area contributed by atoms with Crippen LogP contribution in [-0.2, 0) is 0 Å². The highest BCUT2D eigenvalue weighted by atomic mass is 127. The fourth-order valence-corrected chi connectivity index (χ4v) is 0.884. The van der Waals surface area contributed by atoms with Gasteiger partial charge in [-0.05, 0) is 46.9 Å². The first kappa shape index (κ1) is 6.82. The topological polar surface area (TPSA) is 32.3 Å². The van der Waals surface area contributed by atoms with Gasteiger partial charge in [-0.1, -0.05) is 0 Å². The normalized spacial score (nSPS) is 9.11. The minimum absolute atomic E-state index is 0.718. The first-order valence-corrected chi connectivity index (χ1v) is 3.56. The van der Waals surface area contributed by atoms with Crippen LogP contribution in [0, 0.1) is 3.57 Å². The van der Waals surface area contributed by atoms with Crippen LogP contribution in [0.15, 0.2) is 24.3 Å². The van der Waals surface area contributed by atoms with Gasteiger partial charge in [0.1, 0.15) is 0 Å². The number of anilines is 1. The molecule has 0 unspecified atom stereocenters. The van der Waals surface area contributed by atoms with Gasteiger partial charge in [-0.3, -0.25) is 10.7 Å². The zero-order chi connectivity index (χ0) is 6.69. The zero-order valence-electron chi connectivity index (χ0n) is 4.63. The quantitative estimate of drug-likeness (QED) is 0.577. The van der Waals surface area contributed by atoms with Crippen molar-refractivity contribution in [3.05, 3.63) is 27.8 Å². The third kappa shape index (κ3) is 1.83. The summed E-state index contributed by atoms with van der Waals surface area (Å²) in [5.74, 6) is 0. The van der Waals surface area contributed by atoms with E-state index in [0.29, 0.717) is 0 Å². The van der Waals surface area contributed by atoms with Crippen LogP contribution in [0.2, 0.25) is 0 Å². The number of halogens is 1. The van der Waals surface area contributed by atoms with E-state index in [1.54, 1.807) is 0 Å². The maximum atomic E-state index is 8.38. The Labute approximate surface area is 67.0 Å². The monoisotopic (exact) mass is 235 g/mol. The van der Waals surface area contributed by atoms with Crippen molar-refractivity contribution < 1.29 is 5.21 Å². The second kappa shape index (κ2) is 3.03. The zero-order valence-corrected chi connectivity index (χ0v) is 6.79. The lowest BCUT2D eigenvalue weighted by Crippen LogP contribution is -1.87. The largest absolute Gasteiger partial charge is 0.291 e. The van der Waals surface area contributed by atoms with Gasteiger partial charge in [-0.2, -0.15) is 0 Å². The molecule has 1 rings (SSSR count). The Morgan fingerprint density at radius 3 is 2.22 bits per heavy atom. The van der Waals surface area contributed by atoms with Gasteiger partial charge in [-0.25, -0.2) is 0 Å². The van der Waals surface area contributed by atoms with Gasteiger partial charge >= 0.3 is 0 Å². The van der Waals surface area contributed by atoms with E-state index in [-0.39, 0.29) is 0 Å². The fraction of sp³-hybridized carbons (Fsp3) is 0. The minimum atomic E-state index is 0.718. The average Bonchev–Trinajstić information content (AvgIpc) is 1.90. The second-order valence-electron chi connectivity index (χ2n) is 1.62. The molecule has 0 atom stereocenters. The van der Waals surface area contributed by atoms with Crippen LogP contribution in [0.25, 0.3) is 0 Å². The van der Waals surface area contributed by atoms with Gasteiger partial charge < -0.3 is 0 Å². The molecule has 48 valence electrons. The third-order valence-electron chi connectivity index (χ3n) is 0.973. The highest BCUT2D eigenvalue weighted by molar-refractivity contribution is 14.1. The summed E-state index contributed by atoms with van der Waals surface area (Å²) in [5, 5.41) is 8.38. The van der Waals surface area contributed by atoms with Gasteiger partial charge in [0.2, 0.25) is 0 Å². The molecule has 1 aromatic carbocycles. The Balaban J connectivity index is 2.88. The first-order valence-electron chi connectivity index (χ1n) is 2.48.